The van der Waals surface area contributed by atoms with E-state index < -0.39 is 5.97 Å². The van der Waals surface area contributed by atoms with Crippen LogP contribution in [0.4, 0.5) is 9.93 Å². The number of nitrogens with zero attached hydrogens (tertiary/aromatic N) is 2. The van der Waals surface area contributed by atoms with Crippen molar-refractivity contribution in [1.29, 1.82) is 0 Å². The third-order valence-corrected chi connectivity index (χ3v) is 5.64. The zero-order chi connectivity index (χ0) is 16.9. The quantitative estimate of drug-likeness (QED) is 0.764. The van der Waals surface area contributed by atoms with Crippen molar-refractivity contribution < 1.29 is 19.4 Å². The van der Waals surface area contributed by atoms with Crippen LogP contribution in [0.2, 0.25) is 0 Å². The molecule has 24 heavy (non-hydrogen) atoms. The van der Waals surface area contributed by atoms with E-state index in [-0.39, 0.29) is 18.0 Å². The predicted molar refractivity (Wildman–Crippen MR) is 88.2 cm³/mol. The Morgan fingerprint density at radius 1 is 1.08 bits per heavy atom. The molecule has 1 saturated heterocycles. The average molecular weight is 354 g/mol. The van der Waals surface area contributed by atoms with Crippen LogP contribution in [0.1, 0.15) is 49.5 Å². The van der Waals surface area contributed by atoms with E-state index in [9.17, 15) is 9.59 Å². The highest BCUT2D eigenvalue weighted by molar-refractivity contribution is 7.15. The van der Waals surface area contributed by atoms with Crippen LogP contribution in [-0.4, -0.2) is 46.6 Å². The van der Waals surface area contributed by atoms with Crippen LogP contribution in [0.5, 0.6) is 0 Å². The molecule has 1 aromatic rings. The number of hydrogen-bond donors (Lipinski definition) is 3. The zero-order valence-electron chi connectivity index (χ0n) is 13.4. The second-order valence-electron chi connectivity index (χ2n) is 6.32. The molecule has 132 valence electrons. The van der Waals surface area contributed by atoms with Gasteiger partial charge in [-0.1, -0.05) is 11.3 Å². The standard InChI is InChI=1S/C15H22N4O4S/c20-13(21)10-1-3-11(4-2-10)16-14(22)17-15-19-18-12(24-15)9-5-7-23-8-6-9/h9-11H,1-8H2,(H,20,21)(H2,16,17,19,22). The van der Waals surface area contributed by atoms with Crippen molar-refractivity contribution >= 4 is 28.5 Å². The molecule has 0 bridgehead atoms. The Kier molecular flexibility index (Phi) is 5.62. The number of carbonyl (C=O) groups excluding carboxylic acids is 1. The first kappa shape index (κ1) is 17.1. The molecule has 1 aromatic heterocycles. The molecule has 0 radical (unpaired) electrons. The minimum Gasteiger partial charge on any atom is -0.481 e. The molecule has 2 amide bonds. The lowest BCUT2D eigenvalue weighted by molar-refractivity contribution is -0.142. The number of rotatable bonds is 4. The molecule has 0 unspecified atom stereocenters. The normalized spacial score (nSPS) is 25.2. The summed E-state index contributed by atoms with van der Waals surface area (Å²) in [4.78, 5) is 23.0. The summed E-state index contributed by atoms with van der Waals surface area (Å²) in [7, 11) is 0. The van der Waals surface area contributed by atoms with Gasteiger partial charge in [0.05, 0.1) is 5.92 Å². The van der Waals surface area contributed by atoms with E-state index >= 15 is 0 Å². The van der Waals surface area contributed by atoms with E-state index in [4.69, 9.17) is 9.84 Å². The van der Waals surface area contributed by atoms with Gasteiger partial charge in [-0.3, -0.25) is 10.1 Å². The first-order chi connectivity index (χ1) is 11.6. The van der Waals surface area contributed by atoms with Crippen LogP contribution in [0.25, 0.3) is 0 Å². The van der Waals surface area contributed by atoms with Crippen molar-refractivity contribution in [3.63, 3.8) is 0 Å². The minimum absolute atomic E-state index is 0.0171. The van der Waals surface area contributed by atoms with Crippen LogP contribution in [0, 0.1) is 5.92 Å². The minimum atomic E-state index is -0.743. The Balaban J connectivity index is 1.45. The molecule has 2 heterocycles. The molecular formula is C15H22N4O4S. The molecule has 3 rings (SSSR count). The smallest absolute Gasteiger partial charge is 0.321 e. The van der Waals surface area contributed by atoms with Gasteiger partial charge in [0.1, 0.15) is 5.01 Å². The molecule has 9 heteroatoms. The van der Waals surface area contributed by atoms with Gasteiger partial charge in [0, 0.05) is 25.2 Å². The number of aromatic nitrogens is 2. The summed E-state index contributed by atoms with van der Waals surface area (Å²) in [6.45, 7) is 1.49. The van der Waals surface area contributed by atoms with Crippen molar-refractivity contribution in [3.8, 4) is 0 Å². The van der Waals surface area contributed by atoms with E-state index in [1.807, 2.05) is 0 Å². The van der Waals surface area contributed by atoms with Crippen molar-refractivity contribution in [1.82, 2.24) is 15.5 Å². The van der Waals surface area contributed by atoms with Gasteiger partial charge in [-0.15, -0.1) is 10.2 Å². The summed E-state index contributed by atoms with van der Waals surface area (Å²) in [6, 6.07) is -0.285. The lowest BCUT2D eigenvalue weighted by Crippen LogP contribution is -2.40. The number of carboxylic acids is 1. The molecule has 8 nitrogen and oxygen atoms in total. The number of nitrogens with one attached hydrogen (secondary N) is 2. The summed E-state index contributed by atoms with van der Waals surface area (Å²) in [5, 5.41) is 24.3. The number of urea groups is 1. The van der Waals surface area contributed by atoms with Crippen molar-refractivity contribution in [3.05, 3.63) is 5.01 Å². The van der Waals surface area contributed by atoms with Crippen LogP contribution >= 0.6 is 11.3 Å². The van der Waals surface area contributed by atoms with Crippen LogP contribution in [0.15, 0.2) is 0 Å². The molecule has 0 atom stereocenters. The number of anilines is 1. The molecule has 2 fully saturated rings. The van der Waals surface area contributed by atoms with Gasteiger partial charge in [-0.25, -0.2) is 4.79 Å². The summed E-state index contributed by atoms with van der Waals surface area (Å²) < 4.78 is 5.34. The van der Waals surface area contributed by atoms with E-state index in [1.54, 1.807) is 0 Å². The van der Waals surface area contributed by atoms with Gasteiger partial charge in [0.15, 0.2) is 0 Å². The number of amides is 2. The van der Waals surface area contributed by atoms with Crippen molar-refractivity contribution in [2.75, 3.05) is 18.5 Å². The number of aliphatic carboxylic acids is 1. The Labute approximate surface area is 144 Å². The molecule has 1 aliphatic carbocycles. The highest BCUT2D eigenvalue weighted by atomic mass is 32.1. The molecule has 0 spiro atoms. The van der Waals surface area contributed by atoms with Crippen molar-refractivity contribution in [2.24, 2.45) is 5.92 Å². The van der Waals surface area contributed by atoms with E-state index in [2.05, 4.69) is 20.8 Å². The maximum Gasteiger partial charge on any atom is 0.321 e. The number of carboxylic acid groups (broad SMARTS) is 1. The summed E-state index contributed by atoms with van der Waals surface area (Å²) >= 11 is 1.41. The van der Waals surface area contributed by atoms with Crippen LogP contribution in [-0.2, 0) is 9.53 Å². The SMILES string of the molecule is O=C(Nc1nnc(C2CCOCC2)s1)NC1CCC(C(=O)O)CC1. The molecule has 1 aliphatic heterocycles. The van der Waals surface area contributed by atoms with Crippen molar-refractivity contribution in [2.45, 2.75) is 50.5 Å². The highest BCUT2D eigenvalue weighted by Crippen LogP contribution is 2.30. The maximum absolute atomic E-state index is 12.1. The average Bonchev–Trinajstić information content (AvgIpc) is 3.04. The number of carbonyl (C=O) groups is 2. The van der Waals surface area contributed by atoms with Crippen LogP contribution < -0.4 is 10.6 Å². The van der Waals surface area contributed by atoms with Crippen LogP contribution in [0.3, 0.4) is 0 Å². The third kappa shape index (κ3) is 4.41. The Morgan fingerprint density at radius 2 is 1.79 bits per heavy atom. The molecule has 0 aromatic carbocycles. The summed E-state index contributed by atoms with van der Waals surface area (Å²) in [5.41, 5.74) is 0. The largest absolute Gasteiger partial charge is 0.481 e. The first-order valence-corrected chi connectivity index (χ1v) is 9.15. The fourth-order valence-electron chi connectivity index (χ4n) is 3.20. The Hall–Kier alpha value is -1.74. The fourth-order valence-corrected chi connectivity index (χ4v) is 4.11. The van der Waals surface area contributed by atoms with Gasteiger partial charge in [-0.2, -0.15) is 0 Å². The maximum atomic E-state index is 12.1. The molecule has 2 aliphatic rings. The van der Waals surface area contributed by atoms with E-state index in [0.29, 0.717) is 36.7 Å². The monoisotopic (exact) mass is 354 g/mol. The van der Waals surface area contributed by atoms with E-state index in [1.165, 1.54) is 11.3 Å². The second-order valence-corrected chi connectivity index (χ2v) is 7.33. The first-order valence-electron chi connectivity index (χ1n) is 8.33. The van der Waals surface area contributed by atoms with Gasteiger partial charge in [-0.05, 0) is 38.5 Å². The number of hydrogen-bond acceptors (Lipinski definition) is 6. The summed E-state index contributed by atoms with van der Waals surface area (Å²) in [6.07, 6.45) is 4.46. The molecule has 1 saturated carbocycles. The highest BCUT2D eigenvalue weighted by Gasteiger charge is 2.27. The number of ether oxygens (including phenoxy) is 1. The topological polar surface area (TPSA) is 113 Å². The Morgan fingerprint density at radius 3 is 2.46 bits per heavy atom. The van der Waals surface area contributed by atoms with Gasteiger partial charge < -0.3 is 15.2 Å². The fraction of sp³-hybridized carbons (Fsp3) is 0.733. The van der Waals surface area contributed by atoms with Gasteiger partial charge >= 0.3 is 12.0 Å². The molecule has 3 N–H and O–H groups in total. The van der Waals surface area contributed by atoms with Gasteiger partial charge in [0.25, 0.3) is 0 Å². The lowest BCUT2D eigenvalue weighted by atomic mass is 9.86. The summed E-state index contributed by atoms with van der Waals surface area (Å²) in [5.74, 6) is -0.662. The predicted octanol–water partition coefficient (Wildman–Crippen LogP) is 2.20. The van der Waals surface area contributed by atoms with E-state index in [0.717, 1.165) is 31.1 Å². The zero-order valence-corrected chi connectivity index (χ0v) is 14.2. The molecular weight excluding hydrogens is 332 g/mol. The van der Waals surface area contributed by atoms with Gasteiger partial charge in [0.2, 0.25) is 5.13 Å². The Bertz CT molecular complexity index is 580. The lowest BCUT2D eigenvalue weighted by Gasteiger charge is -2.26. The second kappa shape index (κ2) is 7.89. The third-order valence-electron chi connectivity index (χ3n) is 4.64.